The van der Waals surface area contributed by atoms with Crippen molar-refractivity contribution in [3.05, 3.63) is 23.8 Å². The Labute approximate surface area is 220 Å². The van der Waals surface area contributed by atoms with Crippen LogP contribution in [0.3, 0.4) is 0 Å². The minimum absolute atomic E-state index is 0.0561. The zero-order chi connectivity index (χ0) is 26.2. The summed E-state index contributed by atoms with van der Waals surface area (Å²) in [5.41, 5.74) is 1.05. The van der Waals surface area contributed by atoms with Crippen LogP contribution in [0.4, 0.5) is 0 Å². The van der Waals surface area contributed by atoms with Gasteiger partial charge in [0, 0.05) is 13.0 Å². The van der Waals surface area contributed by atoms with Crippen molar-refractivity contribution in [3.8, 4) is 11.5 Å². The number of hydrogen-bond donors (Lipinski definition) is 1. The topological polar surface area (TPSA) is 60.0 Å². The number of unbranched alkanes of at least 4 members (excludes halogenated alkanes) is 4. The Balaban J connectivity index is 1.86. The highest BCUT2D eigenvalue weighted by atomic mass is 28.4. The molecule has 2 atom stereocenters. The van der Waals surface area contributed by atoms with Gasteiger partial charge in [-0.1, -0.05) is 59.4 Å². The average Bonchev–Trinajstić information content (AvgIpc) is 3.34. The fourth-order valence-corrected chi connectivity index (χ4v) is 6.03. The maximum Gasteiger partial charge on any atom is 0.220 e. The van der Waals surface area contributed by atoms with Crippen molar-refractivity contribution in [3.63, 3.8) is 0 Å². The number of amides is 1. The molecule has 1 fully saturated rings. The van der Waals surface area contributed by atoms with Gasteiger partial charge in [-0.25, -0.2) is 0 Å². The van der Waals surface area contributed by atoms with Gasteiger partial charge < -0.3 is 24.1 Å². The normalized spacial score (nSPS) is 18.2. The van der Waals surface area contributed by atoms with Crippen molar-refractivity contribution in [2.24, 2.45) is 0 Å². The molecule has 1 aromatic rings. The predicted molar refractivity (Wildman–Crippen MR) is 149 cm³/mol. The first kappa shape index (κ1) is 29.0. The SMILES string of the molecule is CCCCCCCC(=O)N[C@H](CN1CCCC1)[C@H](O[Si](C)(C)C(C)(C)C)c1ccc2c(c1)OCCO2. The van der Waals surface area contributed by atoms with Gasteiger partial charge in [-0.15, -0.1) is 0 Å². The Hall–Kier alpha value is -1.57. The van der Waals surface area contributed by atoms with Crippen molar-refractivity contribution in [1.82, 2.24) is 10.2 Å². The van der Waals surface area contributed by atoms with E-state index >= 15 is 0 Å². The number of hydrogen-bond acceptors (Lipinski definition) is 5. The number of nitrogens with zero attached hydrogens (tertiary/aromatic N) is 1. The lowest BCUT2D eigenvalue weighted by atomic mass is 10.0. The van der Waals surface area contributed by atoms with E-state index < -0.39 is 8.32 Å². The molecule has 0 aromatic heterocycles. The van der Waals surface area contributed by atoms with Gasteiger partial charge in [0.05, 0.1) is 12.1 Å². The maximum atomic E-state index is 13.2. The highest BCUT2D eigenvalue weighted by molar-refractivity contribution is 6.74. The van der Waals surface area contributed by atoms with Crippen LogP contribution in [-0.4, -0.2) is 58.0 Å². The first-order valence-corrected chi connectivity index (χ1v) is 17.1. The molecule has 7 heteroatoms. The molecule has 0 bridgehead atoms. The first-order valence-electron chi connectivity index (χ1n) is 14.2. The molecule has 2 aliphatic heterocycles. The molecule has 6 nitrogen and oxygen atoms in total. The quantitative estimate of drug-likeness (QED) is 0.240. The lowest BCUT2D eigenvalue weighted by molar-refractivity contribution is -0.122. The van der Waals surface area contributed by atoms with E-state index in [0.717, 1.165) is 49.5 Å². The number of likely N-dealkylation sites (tertiary alicyclic amines) is 1. The zero-order valence-electron chi connectivity index (χ0n) is 23.7. The van der Waals surface area contributed by atoms with Crippen LogP contribution < -0.4 is 14.8 Å². The van der Waals surface area contributed by atoms with Crippen LogP contribution in [0.25, 0.3) is 0 Å². The molecule has 204 valence electrons. The number of ether oxygens (including phenoxy) is 2. The standard InChI is InChI=1S/C29H50N2O4Si/c1-7-8-9-10-11-14-27(32)30-24(22-31-17-12-13-18-31)28(35-36(5,6)29(2,3)4)23-15-16-25-26(21-23)34-20-19-33-25/h15-16,21,24,28H,7-14,17-20,22H2,1-6H3,(H,30,32)/t24-,28-/m1/s1. The molecular formula is C29H50N2O4Si. The summed E-state index contributed by atoms with van der Waals surface area (Å²) in [7, 11) is -2.14. The minimum atomic E-state index is -2.14. The van der Waals surface area contributed by atoms with E-state index in [9.17, 15) is 4.79 Å². The van der Waals surface area contributed by atoms with Gasteiger partial charge in [-0.05, 0) is 68.2 Å². The lowest BCUT2D eigenvalue weighted by Gasteiger charge is -2.42. The number of benzene rings is 1. The fraction of sp³-hybridized carbons (Fsp3) is 0.759. The molecule has 3 rings (SSSR count). The molecule has 0 aliphatic carbocycles. The number of nitrogens with one attached hydrogen (secondary N) is 1. The van der Waals surface area contributed by atoms with Crippen LogP contribution in [-0.2, 0) is 9.22 Å². The average molecular weight is 519 g/mol. The summed E-state index contributed by atoms with van der Waals surface area (Å²) in [5, 5.41) is 3.49. The third-order valence-electron chi connectivity index (χ3n) is 8.00. The summed E-state index contributed by atoms with van der Waals surface area (Å²) in [6.07, 6.45) is 8.49. The van der Waals surface area contributed by atoms with Gasteiger partial charge >= 0.3 is 0 Å². The number of rotatable bonds is 13. The van der Waals surface area contributed by atoms with Crippen LogP contribution in [0.1, 0.15) is 90.7 Å². The van der Waals surface area contributed by atoms with Crippen LogP contribution in [0.2, 0.25) is 18.1 Å². The molecule has 1 N–H and O–H groups in total. The molecule has 36 heavy (non-hydrogen) atoms. The van der Waals surface area contributed by atoms with Crippen molar-refractivity contribution in [2.75, 3.05) is 32.8 Å². The van der Waals surface area contributed by atoms with E-state index in [1.165, 1.54) is 32.1 Å². The monoisotopic (exact) mass is 518 g/mol. The molecule has 0 spiro atoms. The Bertz CT molecular complexity index is 833. The first-order chi connectivity index (χ1) is 17.1. The molecule has 1 amide bonds. The third-order valence-corrected chi connectivity index (χ3v) is 12.5. The van der Waals surface area contributed by atoms with E-state index in [4.69, 9.17) is 13.9 Å². The molecule has 2 heterocycles. The van der Waals surface area contributed by atoms with Crippen molar-refractivity contribution >= 4 is 14.2 Å². The largest absolute Gasteiger partial charge is 0.486 e. The second kappa shape index (κ2) is 13.3. The van der Waals surface area contributed by atoms with E-state index in [2.05, 4.69) is 63.1 Å². The number of carbonyl (C=O) groups excluding carboxylic acids is 1. The lowest BCUT2D eigenvalue weighted by Crippen LogP contribution is -2.51. The van der Waals surface area contributed by atoms with Crippen LogP contribution in [0.15, 0.2) is 18.2 Å². The molecule has 2 aliphatic rings. The van der Waals surface area contributed by atoms with Crippen LogP contribution in [0.5, 0.6) is 11.5 Å². The summed E-state index contributed by atoms with van der Waals surface area (Å²) in [6, 6.07) is 6.04. The molecule has 1 saturated heterocycles. The van der Waals surface area contributed by atoms with Gasteiger partial charge in [0.2, 0.25) is 5.91 Å². The number of fused-ring (bicyclic) bond motifs is 1. The predicted octanol–water partition coefficient (Wildman–Crippen LogP) is 6.46. The van der Waals surface area contributed by atoms with E-state index in [1.54, 1.807) is 0 Å². The molecule has 0 radical (unpaired) electrons. The summed E-state index contributed by atoms with van der Waals surface area (Å²) in [6.45, 7) is 17.7. The molecule has 1 aromatic carbocycles. The maximum absolute atomic E-state index is 13.2. The Kier molecular flexibility index (Phi) is 10.7. The smallest absolute Gasteiger partial charge is 0.220 e. The Morgan fingerprint density at radius 2 is 1.72 bits per heavy atom. The summed E-state index contributed by atoms with van der Waals surface area (Å²) in [4.78, 5) is 15.7. The second-order valence-corrected chi connectivity index (χ2v) is 16.8. The van der Waals surface area contributed by atoms with E-state index in [0.29, 0.717) is 19.6 Å². The third kappa shape index (κ3) is 8.22. The Morgan fingerprint density at radius 3 is 2.39 bits per heavy atom. The molecular weight excluding hydrogens is 468 g/mol. The second-order valence-electron chi connectivity index (χ2n) is 12.0. The number of carbonyl (C=O) groups is 1. The van der Waals surface area contributed by atoms with Crippen LogP contribution in [0, 0.1) is 0 Å². The van der Waals surface area contributed by atoms with Crippen molar-refractivity contribution < 1.29 is 18.7 Å². The summed E-state index contributed by atoms with van der Waals surface area (Å²) < 4.78 is 18.8. The molecule has 0 unspecified atom stereocenters. The minimum Gasteiger partial charge on any atom is -0.486 e. The van der Waals surface area contributed by atoms with Gasteiger partial charge in [-0.2, -0.15) is 0 Å². The highest BCUT2D eigenvalue weighted by Crippen LogP contribution is 2.42. The van der Waals surface area contributed by atoms with Gasteiger partial charge in [-0.3, -0.25) is 4.79 Å². The van der Waals surface area contributed by atoms with Gasteiger partial charge in [0.25, 0.3) is 0 Å². The zero-order valence-corrected chi connectivity index (χ0v) is 24.7. The summed E-state index contributed by atoms with van der Waals surface area (Å²) >= 11 is 0. The van der Waals surface area contributed by atoms with E-state index in [-0.39, 0.29) is 23.1 Å². The van der Waals surface area contributed by atoms with Gasteiger partial charge in [0.15, 0.2) is 19.8 Å². The van der Waals surface area contributed by atoms with Gasteiger partial charge in [0.1, 0.15) is 13.2 Å². The van der Waals surface area contributed by atoms with Crippen molar-refractivity contribution in [1.29, 1.82) is 0 Å². The summed E-state index contributed by atoms with van der Waals surface area (Å²) in [5.74, 6) is 1.69. The van der Waals surface area contributed by atoms with Crippen molar-refractivity contribution in [2.45, 2.75) is 109 Å². The van der Waals surface area contributed by atoms with E-state index in [1.807, 2.05) is 6.07 Å². The molecule has 0 saturated carbocycles. The van der Waals surface area contributed by atoms with Crippen LogP contribution >= 0.6 is 0 Å². The fourth-order valence-electron chi connectivity index (χ4n) is 4.74. The highest BCUT2D eigenvalue weighted by Gasteiger charge is 2.42. The Morgan fingerprint density at radius 1 is 1.06 bits per heavy atom.